The lowest BCUT2D eigenvalue weighted by atomic mass is 9.88. The van der Waals surface area contributed by atoms with Crippen LogP contribution in [-0.4, -0.2) is 23.5 Å². The maximum atomic E-state index is 13.5. The van der Waals surface area contributed by atoms with Gasteiger partial charge in [0, 0.05) is 12.1 Å². The average Bonchev–Trinajstić information content (AvgIpc) is 3.16. The fourth-order valence-corrected chi connectivity index (χ4v) is 3.21. The first-order valence-electron chi connectivity index (χ1n) is 6.94. The maximum absolute atomic E-state index is 13.5. The van der Waals surface area contributed by atoms with E-state index in [-0.39, 0.29) is 17.9 Å². The molecule has 0 aromatic heterocycles. The van der Waals surface area contributed by atoms with E-state index in [1.807, 2.05) is 6.07 Å². The summed E-state index contributed by atoms with van der Waals surface area (Å²) in [6.07, 6.45) is 4.77. The van der Waals surface area contributed by atoms with Gasteiger partial charge in [-0.2, -0.15) is 0 Å². The molecule has 2 nitrogen and oxygen atoms in total. The molecule has 2 N–H and O–H groups in total. The summed E-state index contributed by atoms with van der Waals surface area (Å²) in [7, 11) is 0. The van der Waals surface area contributed by atoms with Gasteiger partial charge in [-0.05, 0) is 62.4 Å². The summed E-state index contributed by atoms with van der Waals surface area (Å²) in [5, 5.41) is 0. The van der Waals surface area contributed by atoms with Gasteiger partial charge in [0.15, 0.2) is 0 Å². The van der Waals surface area contributed by atoms with Gasteiger partial charge in [-0.15, -0.1) is 0 Å². The van der Waals surface area contributed by atoms with Crippen LogP contribution in [0, 0.1) is 12.7 Å². The number of aryl methyl sites for hydroxylation is 1. The Morgan fingerprint density at radius 1 is 1.28 bits per heavy atom. The van der Waals surface area contributed by atoms with Crippen LogP contribution in [0.3, 0.4) is 0 Å². The lowest BCUT2D eigenvalue weighted by Gasteiger charge is -2.41. The van der Waals surface area contributed by atoms with E-state index in [0.717, 1.165) is 24.1 Å². The van der Waals surface area contributed by atoms with Gasteiger partial charge < -0.3 is 5.73 Å². The molecule has 1 aromatic carbocycles. The molecule has 2 atom stereocenters. The van der Waals surface area contributed by atoms with Gasteiger partial charge in [0.1, 0.15) is 5.82 Å². The molecule has 1 saturated heterocycles. The zero-order valence-corrected chi connectivity index (χ0v) is 10.9. The Kier molecular flexibility index (Phi) is 3.12. The van der Waals surface area contributed by atoms with E-state index in [0.29, 0.717) is 6.04 Å². The SMILES string of the molecule is Cc1ccc(F)cc1C1C(N)CCCN1C1CC1. The Hall–Kier alpha value is -0.930. The zero-order valence-electron chi connectivity index (χ0n) is 10.9. The van der Waals surface area contributed by atoms with Crippen LogP contribution in [0.1, 0.15) is 42.9 Å². The highest BCUT2D eigenvalue weighted by atomic mass is 19.1. The second kappa shape index (κ2) is 4.63. The van der Waals surface area contributed by atoms with Crippen molar-refractivity contribution in [2.75, 3.05) is 6.54 Å². The third kappa shape index (κ3) is 2.17. The first-order chi connectivity index (χ1) is 8.66. The van der Waals surface area contributed by atoms with Gasteiger partial charge in [-0.1, -0.05) is 6.07 Å². The fraction of sp³-hybridized carbons (Fsp3) is 0.600. The molecule has 0 bridgehead atoms. The Morgan fingerprint density at radius 3 is 2.78 bits per heavy atom. The molecule has 0 spiro atoms. The Morgan fingerprint density at radius 2 is 2.06 bits per heavy atom. The van der Waals surface area contributed by atoms with Crippen molar-refractivity contribution in [2.45, 2.75) is 50.7 Å². The van der Waals surface area contributed by atoms with Crippen LogP contribution in [-0.2, 0) is 0 Å². The smallest absolute Gasteiger partial charge is 0.123 e. The average molecular weight is 248 g/mol. The van der Waals surface area contributed by atoms with Crippen molar-refractivity contribution in [2.24, 2.45) is 5.73 Å². The maximum Gasteiger partial charge on any atom is 0.123 e. The van der Waals surface area contributed by atoms with Crippen molar-refractivity contribution in [3.05, 3.63) is 35.1 Å². The predicted molar refractivity (Wildman–Crippen MR) is 70.8 cm³/mol. The van der Waals surface area contributed by atoms with Crippen LogP contribution in [0.2, 0.25) is 0 Å². The van der Waals surface area contributed by atoms with Crippen molar-refractivity contribution in [1.82, 2.24) is 4.90 Å². The Labute approximate surface area is 108 Å². The van der Waals surface area contributed by atoms with Crippen LogP contribution in [0.5, 0.6) is 0 Å². The van der Waals surface area contributed by atoms with Gasteiger partial charge in [-0.3, -0.25) is 4.90 Å². The van der Waals surface area contributed by atoms with E-state index >= 15 is 0 Å². The quantitative estimate of drug-likeness (QED) is 0.872. The first-order valence-corrected chi connectivity index (χ1v) is 6.94. The van der Waals surface area contributed by atoms with E-state index in [2.05, 4.69) is 11.8 Å². The lowest BCUT2D eigenvalue weighted by Crippen LogP contribution is -2.47. The number of rotatable bonds is 2. The van der Waals surface area contributed by atoms with Gasteiger partial charge in [-0.25, -0.2) is 4.39 Å². The summed E-state index contributed by atoms with van der Waals surface area (Å²) in [4.78, 5) is 2.51. The molecule has 2 fully saturated rings. The molecular weight excluding hydrogens is 227 g/mol. The van der Waals surface area contributed by atoms with Gasteiger partial charge in [0.05, 0.1) is 6.04 Å². The number of hydrogen-bond donors (Lipinski definition) is 1. The topological polar surface area (TPSA) is 29.3 Å². The number of benzene rings is 1. The summed E-state index contributed by atoms with van der Waals surface area (Å²) >= 11 is 0. The molecular formula is C15H21FN2. The molecule has 1 aliphatic heterocycles. The summed E-state index contributed by atoms with van der Waals surface area (Å²) in [5.74, 6) is -0.149. The first kappa shape index (κ1) is 12.1. The van der Waals surface area contributed by atoms with E-state index in [9.17, 15) is 4.39 Å². The van der Waals surface area contributed by atoms with Crippen molar-refractivity contribution >= 4 is 0 Å². The molecule has 1 aromatic rings. The molecule has 2 unspecified atom stereocenters. The highest BCUT2D eigenvalue weighted by Gasteiger charge is 2.39. The van der Waals surface area contributed by atoms with Crippen LogP contribution in [0.4, 0.5) is 4.39 Å². The number of nitrogens with two attached hydrogens (primary N) is 1. The standard InChI is InChI=1S/C15H21FN2/c1-10-4-5-11(16)9-13(10)15-14(17)3-2-8-18(15)12-6-7-12/h4-5,9,12,14-15H,2-3,6-8,17H2,1H3. The second-order valence-electron chi connectivity index (χ2n) is 5.72. The minimum atomic E-state index is -0.149. The molecule has 3 rings (SSSR count). The Bertz CT molecular complexity index is 442. The highest BCUT2D eigenvalue weighted by Crippen LogP contribution is 2.40. The van der Waals surface area contributed by atoms with Crippen molar-refractivity contribution in [3.63, 3.8) is 0 Å². The van der Waals surface area contributed by atoms with E-state index < -0.39 is 0 Å². The summed E-state index contributed by atoms with van der Waals surface area (Å²) < 4.78 is 13.5. The number of likely N-dealkylation sites (tertiary alicyclic amines) is 1. The molecule has 0 amide bonds. The molecule has 1 aliphatic carbocycles. The lowest BCUT2D eigenvalue weighted by molar-refractivity contribution is 0.119. The highest BCUT2D eigenvalue weighted by molar-refractivity contribution is 5.31. The third-order valence-corrected chi connectivity index (χ3v) is 4.29. The molecule has 3 heteroatoms. The van der Waals surface area contributed by atoms with E-state index in [4.69, 9.17) is 5.73 Å². The fourth-order valence-electron chi connectivity index (χ4n) is 3.21. The van der Waals surface area contributed by atoms with Gasteiger partial charge >= 0.3 is 0 Å². The molecule has 1 heterocycles. The molecule has 18 heavy (non-hydrogen) atoms. The summed E-state index contributed by atoms with van der Waals surface area (Å²) in [6.45, 7) is 3.17. The van der Waals surface area contributed by atoms with Crippen molar-refractivity contribution in [3.8, 4) is 0 Å². The summed E-state index contributed by atoms with van der Waals surface area (Å²) in [6, 6.07) is 6.12. The van der Waals surface area contributed by atoms with Crippen molar-refractivity contribution in [1.29, 1.82) is 0 Å². The van der Waals surface area contributed by atoms with Gasteiger partial charge in [0.25, 0.3) is 0 Å². The third-order valence-electron chi connectivity index (χ3n) is 4.29. The minimum absolute atomic E-state index is 0.139. The minimum Gasteiger partial charge on any atom is -0.326 e. The number of piperidine rings is 1. The van der Waals surface area contributed by atoms with E-state index in [1.165, 1.54) is 25.3 Å². The van der Waals surface area contributed by atoms with E-state index in [1.54, 1.807) is 6.07 Å². The van der Waals surface area contributed by atoms with Crippen LogP contribution < -0.4 is 5.73 Å². The van der Waals surface area contributed by atoms with Gasteiger partial charge in [0.2, 0.25) is 0 Å². The second-order valence-corrected chi connectivity index (χ2v) is 5.72. The largest absolute Gasteiger partial charge is 0.326 e. The number of nitrogens with zero attached hydrogens (tertiary/aromatic N) is 1. The molecule has 0 radical (unpaired) electrons. The Balaban J connectivity index is 1.97. The number of halogens is 1. The van der Waals surface area contributed by atoms with Crippen LogP contribution in [0.15, 0.2) is 18.2 Å². The summed E-state index contributed by atoms with van der Waals surface area (Å²) in [5.41, 5.74) is 8.57. The van der Waals surface area contributed by atoms with Crippen LogP contribution in [0.25, 0.3) is 0 Å². The molecule has 2 aliphatic rings. The monoisotopic (exact) mass is 248 g/mol. The van der Waals surface area contributed by atoms with Crippen molar-refractivity contribution < 1.29 is 4.39 Å². The normalized spacial score (nSPS) is 29.5. The molecule has 1 saturated carbocycles. The number of hydrogen-bond acceptors (Lipinski definition) is 2. The predicted octanol–water partition coefficient (Wildman–Crippen LogP) is 2.76. The van der Waals surface area contributed by atoms with Crippen LogP contribution >= 0.6 is 0 Å². The molecule has 98 valence electrons. The zero-order chi connectivity index (χ0) is 12.7.